The van der Waals surface area contributed by atoms with Crippen LogP contribution in [0.5, 0.6) is 5.75 Å². The summed E-state index contributed by atoms with van der Waals surface area (Å²) in [4.78, 5) is 22.9. The van der Waals surface area contributed by atoms with Crippen molar-refractivity contribution in [3.05, 3.63) is 82.8 Å². The van der Waals surface area contributed by atoms with Gasteiger partial charge in [0.1, 0.15) is 17.9 Å². The molecule has 1 aromatic carbocycles. The van der Waals surface area contributed by atoms with Crippen LogP contribution in [0.1, 0.15) is 36.2 Å². The Morgan fingerprint density at radius 1 is 1.29 bits per heavy atom. The van der Waals surface area contributed by atoms with Crippen molar-refractivity contribution in [2.24, 2.45) is 0 Å². The molecule has 0 atom stereocenters. The molecular formula is C27H31ClN4O3. The number of para-hydroxylation sites is 1. The van der Waals surface area contributed by atoms with Crippen molar-refractivity contribution in [2.45, 2.75) is 40.0 Å². The fraction of sp³-hybridized carbons (Fsp3) is 0.296. The molecule has 184 valence electrons. The minimum absolute atomic E-state index is 0.185. The van der Waals surface area contributed by atoms with Crippen molar-refractivity contribution in [1.82, 2.24) is 20.2 Å². The standard InChI is InChI=1S/C27H31ClN4O3/c1-7-9-24(32(5)6)21-12-18(4)31-26-20(21)10-8-11-25(26)34-16-22-19(13-29-15-23(22)28)14-30-27(33)35-17(2)3/h7-13,15,17H,1,14,16H2,2-6H3,(H,30,33)/b24-9-. The first-order chi connectivity index (χ1) is 16.7. The Balaban J connectivity index is 1.93. The summed E-state index contributed by atoms with van der Waals surface area (Å²) in [6.45, 7) is 9.80. The minimum Gasteiger partial charge on any atom is -0.487 e. The molecule has 2 aromatic heterocycles. The number of benzene rings is 1. The molecule has 1 N–H and O–H groups in total. The highest BCUT2D eigenvalue weighted by atomic mass is 35.5. The lowest BCUT2D eigenvalue weighted by Crippen LogP contribution is -2.27. The van der Waals surface area contributed by atoms with Crippen molar-refractivity contribution in [3.63, 3.8) is 0 Å². The summed E-state index contributed by atoms with van der Waals surface area (Å²) in [5, 5.41) is 4.15. The summed E-state index contributed by atoms with van der Waals surface area (Å²) in [6.07, 6.45) is 6.25. The average Bonchev–Trinajstić information content (AvgIpc) is 2.79. The second-order valence-electron chi connectivity index (χ2n) is 8.50. The second-order valence-corrected chi connectivity index (χ2v) is 8.91. The first-order valence-electron chi connectivity index (χ1n) is 11.3. The van der Waals surface area contributed by atoms with E-state index in [-0.39, 0.29) is 19.3 Å². The monoisotopic (exact) mass is 494 g/mol. The molecule has 3 aromatic rings. The fourth-order valence-electron chi connectivity index (χ4n) is 3.66. The number of nitrogens with zero attached hydrogens (tertiary/aromatic N) is 3. The number of hydrogen-bond donors (Lipinski definition) is 1. The number of amides is 1. The lowest BCUT2D eigenvalue weighted by atomic mass is 10.0. The number of ether oxygens (including phenoxy) is 2. The number of carbonyl (C=O) groups is 1. The number of aryl methyl sites for hydroxylation is 1. The van der Waals surface area contributed by atoms with Crippen molar-refractivity contribution in [1.29, 1.82) is 0 Å². The number of carbonyl (C=O) groups excluding carboxylic acids is 1. The van der Waals surface area contributed by atoms with E-state index in [2.05, 4.69) is 22.9 Å². The van der Waals surface area contributed by atoms with E-state index >= 15 is 0 Å². The van der Waals surface area contributed by atoms with Gasteiger partial charge in [0.05, 0.1) is 11.1 Å². The quantitative estimate of drug-likeness (QED) is 0.373. The van der Waals surface area contributed by atoms with E-state index in [0.29, 0.717) is 10.8 Å². The zero-order valence-corrected chi connectivity index (χ0v) is 21.5. The van der Waals surface area contributed by atoms with Gasteiger partial charge in [-0.25, -0.2) is 9.78 Å². The summed E-state index contributed by atoms with van der Waals surface area (Å²) in [6, 6.07) is 7.91. The van der Waals surface area contributed by atoms with Crippen LogP contribution in [0.15, 0.2) is 55.4 Å². The van der Waals surface area contributed by atoms with Gasteiger partial charge in [0.2, 0.25) is 0 Å². The largest absolute Gasteiger partial charge is 0.487 e. The average molecular weight is 495 g/mol. The lowest BCUT2D eigenvalue weighted by molar-refractivity contribution is 0.115. The smallest absolute Gasteiger partial charge is 0.407 e. The van der Waals surface area contributed by atoms with Crippen molar-refractivity contribution in [2.75, 3.05) is 14.1 Å². The summed E-state index contributed by atoms with van der Waals surface area (Å²) >= 11 is 6.45. The van der Waals surface area contributed by atoms with Gasteiger partial charge in [-0.3, -0.25) is 4.98 Å². The molecule has 3 rings (SSSR count). The Bertz CT molecular complexity index is 1250. The molecule has 0 spiro atoms. The first-order valence-corrected chi connectivity index (χ1v) is 11.7. The van der Waals surface area contributed by atoms with Gasteiger partial charge in [-0.15, -0.1) is 0 Å². The zero-order valence-electron chi connectivity index (χ0n) is 20.8. The van der Waals surface area contributed by atoms with Crippen LogP contribution in [0.3, 0.4) is 0 Å². The lowest BCUT2D eigenvalue weighted by Gasteiger charge is -2.20. The number of aromatic nitrogens is 2. The van der Waals surface area contributed by atoms with Crippen molar-refractivity contribution < 1.29 is 14.3 Å². The molecule has 0 bridgehead atoms. The van der Waals surface area contributed by atoms with Gasteiger partial charge in [0, 0.05) is 60.9 Å². The molecule has 35 heavy (non-hydrogen) atoms. The van der Waals surface area contributed by atoms with Gasteiger partial charge < -0.3 is 19.7 Å². The molecule has 0 aliphatic carbocycles. The Hall–Kier alpha value is -3.58. The maximum atomic E-state index is 11.9. The predicted molar refractivity (Wildman–Crippen MR) is 140 cm³/mol. The number of rotatable bonds is 9. The fourth-order valence-corrected chi connectivity index (χ4v) is 3.89. The third kappa shape index (κ3) is 6.51. The van der Waals surface area contributed by atoms with Crippen LogP contribution >= 0.6 is 11.6 Å². The summed E-state index contributed by atoms with van der Waals surface area (Å²) < 4.78 is 11.4. The van der Waals surface area contributed by atoms with Crippen LogP contribution in [0.4, 0.5) is 4.79 Å². The van der Waals surface area contributed by atoms with Crippen LogP contribution in [0.2, 0.25) is 5.02 Å². The Morgan fingerprint density at radius 2 is 2.06 bits per heavy atom. The van der Waals surface area contributed by atoms with E-state index in [1.807, 2.05) is 50.2 Å². The van der Waals surface area contributed by atoms with E-state index in [0.717, 1.165) is 39.0 Å². The first kappa shape index (κ1) is 26.0. The van der Waals surface area contributed by atoms with E-state index in [9.17, 15) is 4.79 Å². The number of alkyl carbamates (subject to hydrolysis) is 1. The van der Waals surface area contributed by atoms with Crippen molar-refractivity contribution in [3.8, 4) is 5.75 Å². The maximum absolute atomic E-state index is 11.9. The van der Waals surface area contributed by atoms with Crippen LogP contribution < -0.4 is 10.1 Å². The molecule has 1 amide bonds. The van der Waals surface area contributed by atoms with E-state index in [4.69, 9.17) is 26.1 Å². The third-order valence-corrected chi connectivity index (χ3v) is 5.52. The summed E-state index contributed by atoms with van der Waals surface area (Å²) in [5.74, 6) is 0.634. The Kier molecular flexibility index (Phi) is 8.71. The van der Waals surface area contributed by atoms with Crippen LogP contribution in [0.25, 0.3) is 16.6 Å². The minimum atomic E-state index is -0.502. The van der Waals surface area contributed by atoms with Crippen LogP contribution in [-0.4, -0.2) is 41.2 Å². The maximum Gasteiger partial charge on any atom is 0.407 e. The molecule has 0 unspecified atom stereocenters. The molecule has 0 aliphatic heterocycles. The molecule has 7 nitrogen and oxygen atoms in total. The van der Waals surface area contributed by atoms with E-state index < -0.39 is 6.09 Å². The molecule has 0 aliphatic rings. The highest BCUT2D eigenvalue weighted by Gasteiger charge is 2.16. The zero-order chi connectivity index (χ0) is 25.5. The normalized spacial score (nSPS) is 11.5. The number of halogens is 1. The van der Waals surface area contributed by atoms with Gasteiger partial charge in [-0.2, -0.15) is 0 Å². The topological polar surface area (TPSA) is 76.6 Å². The molecule has 0 saturated carbocycles. The van der Waals surface area contributed by atoms with Crippen molar-refractivity contribution >= 4 is 34.3 Å². The molecule has 0 radical (unpaired) electrons. The van der Waals surface area contributed by atoms with E-state index in [1.165, 1.54) is 0 Å². The molecule has 2 heterocycles. The highest BCUT2D eigenvalue weighted by molar-refractivity contribution is 6.31. The van der Waals surface area contributed by atoms with Gasteiger partial charge >= 0.3 is 6.09 Å². The summed E-state index contributed by atoms with van der Waals surface area (Å²) in [5.41, 5.74) is 5.16. The Morgan fingerprint density at radius 3 is 2.74 bits per heavy atom. The predicted octanol–water partition coefficient (Wildman–Crippen LogP) is 5.89. The third-order valence-electron chi connectivity index (χ3n) is 5.20. The SMILES string of the molecule is C=C/C=C(/c1cc(C)nc2c(OCc3c(Cl)cncc3CNC(=O)OC(C)C)cccc12)N(C)C. The number of hydrogen-bond acceptors (Lipinski definition) is 6. The van der Waals surface area contributed by atoms with Gasteiger partial charge in [0.25, 0.3) is 0 Å². The second kappa shape index (κ2) is 11.7. The highest BCUT2D eigenvalue weighted by Crippen LogP contribution is 2.32. The molecule has 8 heteroatoms. The number of nitrogens with one attached hydrogen (secondary N) is 1. The molecule has 0 fully saturated rings. The number of allylic oxidation sites excluding steroid dienone is 2. The Labute approximate surface area is 211 Å². The summed E-state index contributed by atoms with van der Waals surface area (Å²) in [7, 11) is 3.99. The van der Waals surface area contributed by atoms with Gasteiger partial charge in [0.15, 0.2) is 0 Å². The number of fused-ring (bicyclic) bond motifs is 1. The van der Waals surface area contributed by atoms with Crippen LogP contribution in [-0.2, 0) is 17.9 Å². The molecule has 0 saturated heterocycles. The number of pyridine rings is 2. The molecular weight excluding hydrogens is 464 g/mol. The van der Waals surface area contributed by atoms with Gasteiger partial charge in [-0.05, 0) is 44.5 Å². The van der Waals surface area contributed by atoms with E-state index in [1.54, 1.807) is 32.3 Å². The van der Waals surface area contributed by atoms with Gasteiger partial charge in [-0.1, -0.05) is 36.4 Å². The van der Waals surface area contributed by atoms with Crippen LogP contribution in [0, 0.1) is 6.92 Å².